The molecule has 0 unspecified atom stereocenters. The molecule has 0 aliphatic heterocycles. The molecular formula is C18H26O. The summed E-state index contributed by atoms with van der Waals surface area (Å²) in [5, 5.41) is 0. The van der Waals surface area contributed by atoms with Crippen LogP contribution in [0.3, 0.4) is 0 Å². The molecule has 3 atom stereocenters. The third kappa shape index (κ3) is 2.91. The molecule has 104 valence electrons. The van der Waals surface area contributed by atoms with Crippen molar-refractivity contribution in [2.24, 2.45) is 11.8 Å². The Balaban J connectivity index is 2.09. The molecule has 19 heavy (non-hydrogen) atoms. The van der Waals surface area contributed by atoms with Crippen LogP contribution in [-0.2, 0) is 10.2 Å². The molecule has 0 bridgehead atoms. The minimum atomic E-state index is 0.311. The first-order valence-corrected chi connectivity index (χ1v) is 7.65. The Hall–Kier alpha value is -1.11. The van der Waals surface area contributed by atoms with E-state index in [0.29, 0.717) is 17.1 Å². The molecule has 0 radical (unpaired) electrons. The second-order valence-electron chi connectivity index (χ2n) is 6.24. The molecule has 0 saturated heterocycles. The van der Waals surface area contributed by atoms with Gasteiger partial charge in [-0.3, -0.25) is 0 Å². The summed E-state index contributed by atoms with van der Waals surface area (Å²) in [7, 11) is 0. The Morgan fingerprint density at radius 2 is 1.79 bits per heavy atom. The number of rotatable bonds is 7. The zero-order valence-corrected chi connectivity index (χ0v) is 12.5. The average Bonchev–Trinajstić information content (AvgIpc) is 3.00. The van der Waals surface area contributed by atoms with Crippen molar-refractivity contribution in [2.75, 3.05) is 0 Å². The smallest absolute Gasteiger partial charge is 0.129 e. The van der Waals surface area contributed by atoms with Gasteiger partial charge in [-0.05, 0) is 42.6 Å². The number of ketones is 1. The van der Waals surface area contributed by atoms with Crippen molar-refractivity contribution >= 4 is 5.78 Å². The van der Waals surface area contributed by atoms with E-state index < -0.39 is 0 Å². The van der Waals surface area contributed by atoms with Gasteiger partial charge in [0.05, 0.1) is 0 Å². The van der Waals surface area contributed by atoms with Crippen LogP contribution in [0.5, 0.6) is 0 Å². The monoisotopic (exact) mass is 258 g/mol. The highest BCUT2D eigenvalue weighted by Crippen LogP contribution is 2.63. The van der Waals surface area contributed by atoms with E-state index in [9.17, 15) is 4.79 Å². The highest BCUT2D eigenvalue weighted by molar-refractivity contribution is 5.75. The van der Waals surface area contributed by atoms with E-state index in [2.05, 4.69) is 44.2 Å². The van der Waals surface area contributed by atoms with Crippen LogP contribution < -0.4 is 0 Å². The molecule has 0 spiro atoms. The molecule has 1 aromatic rings. The highest BCUT2D eigenvalue weighted by atomic mass is 16.1. The molecule has 1 aliphatic rings. The topological polar surface area (TPSA) is 17.1 Å². The summed E-state index contributed by atoms with van der Waals surface area (Å²) in [6.07, 6.45) is 5.69. The number of carbonyl (C=O) groups excluding carboxylic acids is 1. The van der Waals surface area contributed by atoms with Gasteiger partial charge in [0.15, 0.2) is 0 Å². The summed E-state index contributed by atoms with van der Waals surface area (Å²) in [5.41, 5.74) is 1.77. The van der Waals surface area contributed by atoms with Crippen LogP contribution in [0, 0.1) is 11.8 Å². The molecule has 1 aromatic carbocycles. The van der Waals surface area contributed by atoms with Crippen LogP contribution in [0.1, 0.15) is 58.4 Å². The van der Waals surface area contributed by atoms with Crippen molar-refractivity contribution < 1.29 is 4.79 Å². The van der Waals surface area contributed by atoms with Crippen LogP contribution in [0.4, 0.5) is 0 Å². The quantitative estimate of drug-likeness (QED) is 0.689. The lowest BCUT2D eigenvalue weighted by atomic mass is 9.92. The normalized spacial score (nSPS) is 29.2. The predicted octanol–water partition coefficient (Wildman–Crippen LogP) is 4.75. The molecule has 2 rings (SSSR count). The first kappa shape index (κ1) is 14.3. The molecule has 1 fully saturated rings. The summed E-state index contributed by atoms with van der Waals surface area (Å²) >= 11 is 0. The highest BCUT2D eigenvalue weighted by Gasteiger charge is 2.60. The van der Waals surface area contributed by atoms with E-state index in [-0.39, 0.29) is 0 Å². The lowest BCUT2D eigenvalue weighted by Crippen LogP contribution is -2.06. The summed E-state index contributed by atoms with van der Waals surface area (Å²) < 4.78 is 0. The lowest BCUT2D eigenvalue weighted by Gasteiger charge is -2.12. The lowest BCUT2D eigenvalue weighted by molar-refractivity contribution is -0.117. The van der Waals surface area contributed by atoms with Crippen LogP contribution in [0.15, 0.2) is 30.3 Å². The summed E-state index contributed by atoms with van der Waals surface area (Å²) in [5.74, 6) is 1.80. The average molecular weight is 258 g/mol. The fourth-order valence-corrected chi connectivity index (χ4v) is 3.71. The van der Waals surface area contributed by atoms with Gasteiger partial charge >= 0.3 is 0 Å². The number of hydrogen-bond acceptors (Lipinski definition) is 1. The van der Waals surface area contributed by atoms with E-state index in [0.717, 1.165) is 18.8 Å². The SMILES string of the molecule is CCCC[C@@H]1[C@H](CCC(C)=O)[C@@]1(C)c1ccccc1. The zero-order chi connectivity index (χ0) is 13.9. The molecule has 1 nitrogen and oxygen atoms in total. The van der Waals surface area contributed by atoms with Crippen LogP contribution >= 0.6 is 0 Å². The Kier molecular flexibility index (Phi) is 4.44. The van der Waals surface area contributed by atoms with Gasteiger partial charge in [-0.2, -0.15) is 0 Å². The Morgan fingerprint density at radius 3 is 2.37 bits per heavy atom. The van der Waals surface area contributed by atoms with Crippen LogP contribution in [0.2, 0.25) is 0 Å². The van der Waals surface area contributed by atoms with E-state index in [4.69, 9.17) is 0 Å². The van der Waals surface area contributed by atoms with Gasteiger partial charge < -0.3 is 4.79 Å². The van der Waals surface area contributed by atoms with Gasteiger partial charge in [0.25, 0.3) is 0 Å². The maximum absolute atomic E-state index is 11.2. The van der Waals surface area contributed by atoms with Crippen LogP contribution in [0.25, 0.3) is 0 Å². The molecule has 1 saturated carbocycles. The summed E-state index contributed by atoms with van der Waals surface area (Å²) in [4.78, 5) is 11.2. The molecule has 0 N–H and O–H groups in total. The Labute approximate surface area is 117 Å². The van der Waals surface area contributed by atoms with Crippen LogP contribution in [-0.4, -0.2) is 5.78 Å². The largest absolute Gasteiger partial charge is 0.300 e. The van der Waals surface area contributed by atoms with Gasteiger partial charge in [0, 0.05) is 6.42 Å². The molecular weight excluding hydrogens is 232 g/mol. The molecule has 0 amide bonds. The van der Waals surface area contributed by atoms with Gasteiger partial charge in [-0.25, -0.2) is 0 Å². The van der Waals surface area contributed by atoms with E-state index in [1.54, 1.807) is 6.92 Å². The Morgan fingerprint density at radius 1 is 1.16 bits per heavy atom. The van der Waals surface area contributed by atoms with Crippen molar-refractivity contribution in [3.8, 4) is 0 Å². The maximum Gasteiger partial charge on any atom is 0.129 e. The van der Waals surface area contributed by atoms with Crippen molar-refractivity contribution in [1.82, 2.24) is 0 Å². The molecule has 0 aromatic heterocycles. The first-order chi connectivity index (χ1) is 9.10. The van der Waals surface area contributed by atoms with Gasteiger partial charge in [0.2, 0.25) is 0 Å². The third-order valence-corrected chi connectivity index (χ3v) is 4.99. The van der Waals surface area contributed by atoms with E-state index >= 15 is 0 Å². The molecule has 1 aliphatic carbocycles. The standard InChI is InChI=1S/C18H26O/c1-4-5-11-16-17(13-12-14(2)19)18(16,3)15-9-7-6-8-10-15/h6-10,16-17H,4-5,11-13H2,1-3H3/t16-,17+,18+/m1/s1. The van der Waals surface area contributed by atoms with Gasteiger partial charge in [-0.15, -0.1) is 0 Å². The zero-order valence-electron chi connectivity index (χ0n) is 12.5. The number of Topliss-reactive ketones (excluding diaryl/α,β-unsaturated/α-hetero) is 1. The fraction of sp³-hybridized carbons (Fsp3) is 0.611. The Bertz CT molecular complexity index is 423. The fourth-order valence-electron chi connectivity index (χ4n) is 3.71. The number of unbranched alkanes of at least 4 members (excludes halogenated alkanes) is 1. The van der Waals surface area contributed by atoms with Crippen molar-refractivity contribution in [2.45, 2.75) is 58.3 Å². The number of carbonyl (C=O) groups is 1. The number of hydrogen-bond donors (Lipinski definition) is 0. The minimum absolute atomic E-state index is 0.311. The van der Waals surface area contributed by atoms with Crippen molar-refractivity contribution in [3.63, 3.8) is 0 Å². The predicted molar refractivity (Wildman–Crippen MR) is 80.2 cm³/mol. The number of benzene rings is 1. The molecule has 1 heteroatoms. The van der Waals surface area contributed by atoms with Gasteiger partial charge in [0.1, 0.15) is 5.78 Å². The molecule has 0 heterocycles. The van der Waals surface area contributed by atoms with Gasteiger partial charge in [-0.1, -0.05) is 57.0 Å². The summed E-state index contributed by atoms with van der Waals surface area (Å²) in [6, 6.07) is 10.9. The van der Waals surface area contributed by atoms with Crippen molar-refractivity contribution in [1.29, 1.82) is 0 Å². The van der Waals surface area contributed by atoms with E-state index in [1.165, 1.54) is 24.8 Å². The first-order valence-electron chi connectivity index (χ1n) is 7.65. The second kappa shape index (κ2) is 5.90. The van der Waals surface area contributed by atoms with Crippen molar-refractivity contribution in [3.05, 3.63) is 35.9 Å². The van der Waals surface area contributed by atoms with E-state index in [1.807, 2.05) is 0 Å². The summed E-state index contributed by atoms with van der Waals surface area (Å²) in [6.45, 7) is 6.36. The minimum Gasteiger partial charge on any atom is -0.300 e. The second-order valence-corrected chi connectivity index (χ2v) is 6.24. The third-order valence-electron chi connectivity index (χ3n) is 4.99. The maximum atomic E-state index is 11.2.